The van der Waals surface area contributed by atoms with Gasteiger partial charge in [0.05, 0.1) is 11.8 Å². The van der Waals surface area contributed by atoms with E-state index in [9.17, 15) is 18.3 Å². The Balaban J connectivity index is 1.27. The van der Waals surface area contributed by atoms with Gasteiger partial charge in [-0.1, -0.05) is 30.0 Å². The largest absolute Gasteiger partial charge is 0.478 e. The number of hydrogen-bond acceptors (Lipinski definition) is 4. The Morgan fingerprint density at radius 2 is 1.90 bits per heavy atom. The summed E-state index contributed by atoms with van der Waals surface area (Å²) >= 11 is 0. The Morgan fingerprint density at radius 1 is 1.07 bits per heavy atom. The molecule has 1 aliphatic rings. The lowest BCUT2D eigenvalue weighted by Gasteiger charge is -2.30. The van der Waals surface area contributed by atoms with E-state index in [1.54, 1.807) is 22.6 Å². The highest BCUT2D eigenvalue weighted by Crippen LogP contribution is 2.30. The third-order valence-electron chi connectivity index (χ3n) is 7.58. The van der Waals surface area contributed by atoms with Crippen molar-refractivity contribution in [1.82, 2.24) is 18.8 Å². The highest BCUT2D eigenvalue weighted by molar-refractivity contribution is 7.88. The Labute approximate surface area is 232 Å². The number of nitrogens with zero attached hydrogens (tertiary/aromatic N) is 3. The second-order valence-corrected chi connectivity index (χ2v) is 12.3. The van der Waals surface area contributed by atoms with Gasteiger partial charge in [0.25, 0.3) is 0 Å². The van der Waals surface area contributed by atoms with Crippen LogP contribution in [0, 0.1) is 17.8 Å². The van der Waals surface area contributed by atoms with Crippen LogP contribution in [-0.4, -0.2) is 57.7 Å². The summed E-state index contributed by atoms with van der Waals surface area (Å²) in [4.78, 5) is 20.0. The van der Waals surface area contributed by atoms with Crippen LogP contribution in [0.4, 0.5) is 0 Å². The number of carboxylic acids is 1. The van der Waals surface area contributed by atoms with Gasteiger partial charge in [-0.05, 0) is 66.1 Å². The number of rotatable bonds is 5. The quantitative estimate of drug-likeness (QED) is 0.300. The number of carbonyl (C=O) groups is 1. The van der Waals surface area contributed by atoms with Crippen LogP contribution >= 0.6 is 0 Å². The summed E-state index contributed by atoms with van der Waals surface area (Å²) in [6.07, 6.45) is 8.53. The van der Waals surface area contributed by atoms with Gasteiger partial charge in [0.2, 0.25) is 10.0 Å². The fourth-order valence-electron chi connectivity index (χ4n) is 5.48. The number of sulfonamides is 1. The van der Waals surface area contributed by atoms with Gasteiger partial charge in [0.15, 0.2) is 0 Å². The van der Waals surface area contributed by atoms with Crippen LogP contribution in [0.1, 0.15) is 34.3 Å². The number of aromatic amines is 1. The zero-order valence-electron chi connectivity index (χ0n) is 22.0. The van der Waals surface area contributed by atoms with Crippen molar-refractivity contribution in [3.63, 3.8) is 0 Å². The summed E-state index contributed by atoms with van der Waals surface area (Å²) in [7, 11) is -3.14. The Hall–Kier alpha value is -4.39. The predicted molar refractivity (Wildman–Crippen MR) is 156 cm³/mol. The van der Waals surface area contributed by atoms with E-state index in [1.807, 2.05) is 54.9 Å². The Morgan fingerprint density at radius 3 is 2.67 bits per heavy atom. The molecule has 1 fully saturated rings. The number of piperidine rings is 1. The monoisotopic (exact) mass is 552 g/mol. The Kier molecular flexibility index (Phi) is 6.66. The molecule has 202 valence electrons. The van der Waals surface area contributed by atoms with Crippen molar-refractivity contribution in [1.29, 1.82) is 0 Å². The molecule has 0 radical (unpaired) electrons. The molecule has 40 heavy (non-hydrogen) atoms. The normalized spacial score (nSPS) is 14.8. The third kappa shape index (κ3) is 5.11. The minimum atomic E-state index is -3.14. The first-order chi connectivity index (χ1) is 19.3. The van der Waals surface area contributed by atoms with Gasteiger partial charge in [-0.3, -0.25) is 0 Å². The van der Waals surface area contributed by atoms with Crippen molar-refractivity contribution in [3.05, 3.63) is 89.9 Å². The second kappa shape index (κ2) is 10.3. The molecule has 9 heteroatoms. The molecule has 4 heterocycles. The summed E-state index contributed by atoms with van der Waals surface area (Å²) in [6, 6.07) is 17.0. The molecule has 3 aromatic heterocycles. The van der Waals surface area contributed by atoms with Crippen molar-refractivity contribution in [2.75, 3.05) is 19.3 Å². The molecule has 0 unspecified atom stereocenters. The van der Waals surface area contributed by atoms with Crippen LogP contribution in [0.3, 0.4) is 0 Å². The molecule has 0 saturated carbocycles. The summed E-state index contributed by atoms with van der Waals surface area (Å²) in [5, 5.41) is 11.9. The highest BCUT2D eigenvalue weighted by atomic mass is 32.2. The average molecular weight is 553 g/mol. The average Bonchev–Trinajstić information content (AvgIpc) is 3.57. The van der Waals surface area contributed by atoms with E-state index < -0.39 is 16.0 Å². The van der Waals surface area contributed by atoms with Crippen molar-refractivity contribution in [3.8, 4) is 23.0 Å². The molecule has 0 spiro atoms. The number of fused-ring (bicyclic) bond motifs is 2. The van der Waals surface area contributed by atoms with E-state index >= 15 is 0 Å². The summed E-state index contributed by atoms with van der Waals surface area (Å²) in [6.45, 7) is 1.90. The molecular weight excluding hydrogens is 524 g/mol. The van der Waals surface area contributed by atoms with Gasteiger partial charge in [-0.25, -0.2) is 22.5 Å². The number of aromatic carboxylic acids is 1. The summed E-state index contributed by atoms with van der Waals surface area (Å²) in [5.74, 6) is 5.77. The standard InChI is InChI=1S/C31H28N4O4S/c1-40(38,39)35-15-10-21(11-16-35)20-34-14-12-26-17-22(19-33-30(26)34)5-6-24-3-2-4-27(31(36)37)29(24)25-8-7-23-9-13-32-28(23)18-25/h2-4,7-9,12-14,17-19,21,32H,10-11,15-16,20H2,1H3,(H,36,37). The minimum absolute atomic E-state index is 0.200. The predicted octanol–water partition coefficient (Wildman–Crippen LogP) is 4.95. The topological polar surface area (TPSA) is 108 Å². The van der Waals surface area contributed by atoms with Gasteiger partial charge < -0.3 is 14.7 Å². The molecule has 0 atom stereocenters. The maximum Gasteiger partial charge on any atom is 0.336 e. The fraction of sp³-hybridized carbons (Fsp3) is 0.226. The van der Waals surface area contributed by atoms with E-state index in [2.05, 4.69) is 26.4 Å². The van der Waals surface area contributed by atoms with Crippen LogP contribution in [0.25, 0.3) is 33.1 Å². The molecule has 2 N–H and O–H groups in total. The molecule has 5 aromatic rings. The maximum absolute atomic E-state index is 12.1. The van der Waals surface area contributed by atoms with Gasteiger partial charge >= 0.3 is 5.97 Å². The molecular formula is C31H28N4O4S. The number of aromatic nitrogens is 3. The van der Waals surface area contributed by atoms with Crippen LogP contribution in [0.2, 0.25) is 0 Å². The van der Waals surface area contributed by atoms with Gasteiger partial charge in [0, 0.05) is 65.8 Å². The van der Waals surface area contributed by atoms with Gasteiger partial charge in [-0.2, -0.15) is 0 Å². The molecule has 0 bridgehead atoms. The van der Waals surface area contributed by atoms with E-state index in [4.69, 9.17) is 0 Å². The van der Waals surface area contributed by atoms with E-state index in [-0.39, 0.29) is 5.56 Å². The van der Waals surface area contributed by atoms with Gasteiger partial charge in [0.1, 0.15) is 5.65 Å². The van der Waals surface area contributed by atoms with E-state index in [1.165, 1.54) is 6.26 Å². The number of H-pyrrole nitrogens is 1. The molecule has 0 aliphatic carbocycles. The van der Waals surface area contributed by atoms with Crippen molar-refractivity contribution < 1.29 is 18.3 Å². The lowest BCUT2D eigenvalue weighted by Crippen LogP contribution is -2.38. The lowest BCUT2D eigenvalue weighted by atomic mass is 9.93. The second-order valence-electron chi connectivity index (χ2n) is 10.3. The molecule has 2 aromatic carbocycles. The number of pyridine rings is 1. The zero-order chi connectivity index (χ0) is 27.9. The number of hydrogen-bond donors (Lipinski definition) is 2. The number of carboxylic acid groups (broad SMARTS) is 1. The van der Waals surface area contributed by atoms with Crippen molar-refractivity contribution >= 4 is 37.9 Å². The van der Waals surface area contributed by atoms with Gasteiger partial charge in [-0.15, -0.1) is 0 Å². The molecule has 1 saturated heterocycles. The summed E-state index contributed by atoms with van der Waals surface area (Å²) in [5.41, 5.74) is 4.72. The van der Waals surface area contributed by atoms with Crippen LogP contribution < -0.4 is 0 Å². The van der Waals surface area contributed by atoms with E-state index in [0.29, 0.717) is 30.1 Å². The number of benzene rings is 2. The molecule has 0 amide bonds. The lowest BCUT2D eigenvalue weighted by molar-refractivity contribution is 0.0697. The first-order valence-electron chi connectivity index (χ1n) is 13.1. The fourth-order valence-corrected chi connectivity index (χ4v) is 6.36. The summed E-state index contributed by atoms with van der Waals surface area (Å²) < 4.78 is 27.3. The highest BCUT2D eigenvalue weighted by Gasteiger charge is 2.25. The number of nitrogens with one attached hydrogen (secondary N) is 1. The Bertz CT molecular complexity index is 1920. The van der Waals surface area contributed by atoms with Crippen molar-refractivity contribution in [2.24, 2.45) is 5.92 Å². The third-order valence-corrected chi connectivity index (χ3v) is 8.88. The first-order valence-corrected chi connectivity index (χ1v) is 15.0. The molecule has 6 rings (SSSR count). The zero-order valence-corrected chi connectivity index (χ0v) is 22.8. The van der Waals surface area contributed by atoms with Crippen LogP contribution in [0.15, 0.2) is 73.2 Å². The SMILES string of the molecule is CS(=O)(=O)N1CCC(Cn2ccc3cc(C#Cc4cccc(C(=O)O)c4-c4ccc5cc[nH]c5c4)cnc32)CC1. The van der Waals surface area contributed by atoms with Crippen molar-refractivity contribution in [2.45, 2.75) is 19.4 Å². The molecule has 1 aliphatic heterocycles. The maximum atomic E-state index is 12.1. The smallest absolute Gasteiger partial charge is 0.336 e. The van der Waals surface area contributed by atoms with Crippen LogP contribution in [0.5, 0.6) is 0 Å². The molecule has 8 nitrogen and oxygen atoms in total. The van der Waals surface area contributed by atoms with E-state index in [0.717, 1.165) is 52.4 Å². The minimum Gasteiger partial charge on any atom is -0.478 e. The first kappa shape index (κ1) is 25.9. The van der Waals surface area contributed by atoms with Crippen LogP contribution in [-0.2, 0) is 16.6 Å².